The van der Waals surface area contributed by atoms with Crippen LogP contribution in [0.4, 0.5) is 0 Å². The first-order valence-corrected chi connectivity index (χ1v) is 15.2. The highest BCUT2D eigenvalue weighted by Gasteiger charge is 2.38. The summed E-state index contributed by atoms with van der Waals surface area (Å²) in [6.45, 7) is 10.9. The largest absolute Gasteiger partial charge is 0.493 e. The van der Waals surface area contributed by atoms with Crippen molar-refractivity contribution in [1.29, 1.82) is 0 Å². The average molecular weight is 531 g/mol. The topological polar surface area (TPSA) is 42.2 Å². The van der Waals surface area contributed by atoms with Crippen molar-refractivity contribution in [1.82, 2.24) is 19.2 Å². The van der Waals surface area contributed by atoms with Gasteiger partial charge in [0.15, 0.2) is 11.5 Å². The zero-order chi connectivity index (χ0) is 27.1. The smallest absolute Gasteiger partial charge is 0.161 e. The molecule has 39 heavy (non-hydrogen) atoms. The van der Waals surface area contributed by atoms with E-state index in [-0.39, 0.29) is 0 Å². The molecule has 6 heteroatoms. The van der Waals surface area contributed by atoms with E-state index in [9.17, 15) is 0 Å². The van der Waals surface area contributed by atoms with Crippen molar-refractivity contribution in [2.45, 2.75) is 89.8 Å². The van der Waals surface area contributed by atoms with Crippen molar-refractivity contribution in [3.63, 3.8) is 0 Å². The van der Waals surface area contributed by atoms with E-state index in [4.69, 9.17) is 14.5 Å². The van der Waals surface area contributed by atoms with Crippen LogP contribution in [0.25, 0.3) is 16.9 Å². The maximum atomic E-state index is 5.52. The van der Waals surface area contributed by atoms with Gasteiger partial charge in [0.2, 0.25) is 0 Å². The Labute approximate surface area is 234 Å². The Balaban J connectivity index is 1.14. The number of methoxy groups -OCH3 is 2. The number of likely N-dealkylation sites (tertiary alicyclic amines) is 2. The molecule has 3 atom stereocenters. The lowest BCUT2D eigenvalue weighted by molar-refractivity contribution is 0.0149. The molecule has 0 spiro atoms. The van der Waals surface area contributed by atoms with Crippen LogP contribution in [0.5, 0.6) is 11.5 Å². The van der Waals surface area contributed by atoms with Crippen LogP contribution in [0, 0.1) is 12.8 Å². The molecule has 1 aromatic carbocycles. The molecular formula is C33H46N4O2. The third kappa shape index (κ3) is 5.43. The number of hydrogen-bond acceptors (Lipinski definition) is 5. The van der Waals surface area contributed by atoms with Gasteiger partial charge in [-0.15, -0.1) is 0 Å². The number of ether oxygens (including phenoxy) is 2. The minimum atomic E-state index is 0.616. The van der Waals surface area contributed by atoms with Crippen LogP contribution in [0.3, 0.4) is 0 Å². The highest BCUT2D eigenvalue weighted by Crippen LogP contribution is 2.38. The number of aryl methyl sites for hydroxylation is 1. The lowest BCUT2D eigenvalue weighted by Crippen LogP contribution is -2.55. The first-order chi connectivity index (χ1) is 19.0. The number of nitrogens with zero attached hydrogens (tertiary/aromatic N) is 4. The highest BCUT2D eigenvalue weighted by molar-refractivity contribution is 5.67. The van der Waals surface area contributed by atoms with E-state index in [0.717, 1.165) is 52.4 Å². The lowest BCUT2D eigenvalue weighted by Gasteiger charge is -2.48. The summed E-state index contributed by atoms with van der Waals surface area (Å²) in [5.41, 5.74) is 5.71. The Morgan fingerprint density at radius 2 is 1.72 bits per heavy atom. The molecule has 0 bridgehead atoms. The van der Waals surface area contributed by atoms with Crippen molar-refractivity contribution in [3.05, 3.63) is 47.8 Å². The molecular weight excluding hydrogens is 484 g/mol. The maximum Gasteiger partial charge on any atom is 0.161 e. The van der Waals surface area contributed by atoms with E-state index < -0.39 is 0 Å². The third-order valence-electron chi connectivity index (χ3n) is 9.78. The van der Waals surface area contributed by atoms with Crippen LogP contribution in [-0.2, 0) is 0 Å². The summed E-state index contributed by atoms with van der Waals surface area (Å²) in [4.78, 5) is 10.7. The number of imidazole rings is 1. The second kappa shape index (κ2) is 11.1. The van der Waals surface area contributed by atoms with Crippen molar-refractivity contribution >= 4 is 5.65 Å². The monoisotopic (exact) mass is 530 g/mol. The first-order valence-electron chi connectivity index (χ1n) is 15.2. The average Bonchev–Trinajstić information content (AvgIpc) is 3.68. The van der Waals surface area contributed by atoms with Gasteiger partial charge >= 0.3 is 0 Å². The van der Waals surface area contributed by atoms with Crippen LogP contribution in [-0.4, -0.2) is 71.2 Å². The van der Waals surface area contributed by atoms with Crippen LogP contribution < -0.4 is 9.47 Å². The summed E-state index contributed by atoms with van der Waals surface area (Å²) in [7, 11) is 3.34. The fourth-order valence-electron chi connectivity index (χ4n) is 7.31. The molecule has 0 N–H and O–H groups in total. The zero-order valence-electron chi connectivity index (χ0n) is 24.5. The molecule has 2 aromatic heterocycles. The standard InChI is InChI=1S/C33H46N4O2/c1-6-28-18-29(16-23(3)37(28)19-24-7-8-24)35-13-11-25(12-14-35)27-15-22(2)33-34-30(21-36(33)20-27)26-9-10-31(38-4)32(17-26)39-5/h9-10,15,17,20-21,23-25,28-29H,6-8,11-14,16,18-19H2,1-5H3. The predicted molar refractivity (Wildman–Crippen MR) is 158 cm³/mol. The minimum absolute atomic E-state index is 0.616. The molecule has 6 nitrogen and oxygen atoms in total. The van der Waals surface area contributed by atoms with Gasteiger partial charge in [-0.3, -0.25) is 4.90 Å². The van der Waals surface area contributed by atoms with Crippen LogP contribution in [0.2, 0.25) is 0 Å². The van der Waals surface area contributed by atoms with Crippen LogP contribution >= 0.6 is 0 Å². The highest BCUT2D eigenvalue weighted by atomic mass is 16.5. The van der Waals surface area contributed by atoms with E-state index in [0.29, 0.717) is 5.92 Å². The quantitative estimate of drug-likeness (QED) is 0.330. The Morgan fingerprint density at radius 3 is 2.41 bits per heavy atom. The molecule has 0 radical (unpaired) electrons. The number of rotatable bonds is 8. The van der Waals surface area contributed by atoms with Gasteiger partial charge in [-0.2, -0.15) is 0 Å². The Bertz CT molecular complexity index is 1290. The molecule has 3 unspecified atom stereocenters. The second-order valence-corrected chi connectivity index (χ2v) is 12.4. The first kappa shape index (κ1) is 26.6. The van der Waals surface area contributed by atoms with Crippen LogP contribution in [0.1, 0.15) is 75.8 Å². The molecule has 2 aliphatic heterocycles. The predicted octanol–water partition coefficient (Wildman–Crippen LogP) is 6.55. The van der Waals surface area contributed by atoms with Crippen LogP contribution in [0.15, 0.2) is 36.7 Å². The summed E-state index contributed by atoms with van der Waals surface area (Å²) in [6, 6.07) is 10.6. The molecule has 0 amide bonds. The number of aromatic nitrogens is 2. The lowest BCUT2D eigenvalue weighted by atomic mass is 9.85. The molecule has 210 valence electrons. The number of hydrogen-bond donors (Lipinski definition) is 0. The second-order valence-electron chi connectivity index (χ2n) is 12.4. The summed E-state index contributed by atoms with van der Waals surface area (Å²) in [5.74, 6) is 3.06. The molecule has 1 aliphatic carbocycles. The zero-order valence-corrected chi connectivity index (χ0v) is 24.5. The van der Waals surface area contributed by atoms with Crippen molar-refractivity contribution in [3.8, 4) is 22.8 Å². The third-order valence-corrected chi connectivity index (χ3v) is 9.78. The summed E-state index contributed by atoms with van der Waals surface area (Å²) in [6.07, 6.45) is 13.9. The fraction of sp³-hybridized carbons (Fsp3) is 0.606. The van der Waals surface area contributed by atoms with Crippen molar-refractivity contribution < 1.29 is 9.47 Å². The van der Waals surface area contributed by atoms with Gasteiger partial charge in [-0.1, -0.05) is 13.0 Å². The molecule has 3 aromatic rings. The van der Waals surface area contributed by atoms with Gasteiger partial charge in [-0.05, 0) is 113 Å². The van der Waals surface area contributed by atoms with E-state index in [1.807, 2.05) is 12.1 Å². The molecule has 6 rings (SSSR count). The van der Waals surface area contributed by atoms with Gasteiger partial charge in [0.05, 0.1) is 19.9 Å². The van der Waals surface area contributed by atoms with E-state index >= 15 is 0 Å². The number of pyridine rings is 1. The van der Waals surface area contributed by atoms with Gasteiger partial charge in [0.1, 0.15) is 5.65 Å². The Morgan fingerprint density at radius 1 is 0.949 bits per heavy atom. The summed E-state index contributed by atoms with van der Waals surface area (Å²) in [5, 5.41) is 0. The normalized spacial score (nSPS) is 25.3. The van der Waals surface area contributed by atoms with Gasteiger partial charge in [-0.25, -0.2) is 4.98 Å². The van der Waals surface area contributed by atoms with E-state index in [2.05, 4.69) is 59.5 Å². The van der Waals surface area contributed by atoms with Gasteiger partial charge in [0, 0.05) is 42.6 Å². The number of fused-ring (bicyclic) bond motifs is 1. The summed E-state index contributed by atoms with van der Waals surface area (Å²) >= 11 is 0. The molecule has 4 heterocycles. The Hall–Kier alpha value is -2.57. The maximum absolute atomic E-state index is 5.52. The molecule has 3 aliphatic rings. The fourth-order valence-corrected chi connectivity index (χ4v) is 7.31. The van der Waals surface area contributed by atoms with Crippen molar-refractivity contribution in [2.75, 3.05) is 33.9 Å². The van der Waals surface area contributed by atoms with E-state index in [1.54, 1.807) is 14.2 Å². The molecule has 3 fully saturated rings. The molecule has 2 saturated heterocycles. The Kier molecular flexibility index (Phi) is 7.60. The minimum Gasteiger partial charge on any atom is -0.493 e. The van der Waals surface area contributed by atoms with E-state index in [1.165, 1.54) is 75.7 Å². The van der Waals surface area contributed by atoms with Crippen molar-refractivity contribution in [2.24, 2.45) is 5.92 Å². The van der Waals surface area contributed by atoms with Gasteiger partial charge < -0.3 is 18.8 Å². The SMILES string of the molecule is CCC1CC(N2CCC(c3cc(C)c4nc(-c5ccc(OC)c(OC)c5)cn4c3)CC2)CC(C)N1CC1CC1. The summed E-state index contributed by atoms with van der Waals surface area (Å²) < 4.78 is 13.2. The number of piperidine rings is 2. The molecule has 1 saturated carbocycles. The number of benzene rings is 1. The van der Waals surface area contributed by atoms with Gasteiger partial charge in [0.25, 0.3) is 0 Å².